The van der Waals surface area contributed by atoms with Crippen LogP contribution in [0.25, 0.3) is 0 Å². The Bertz CT molecular complexity index is 591. The van der Waals surface area contributed by atoms with Crippen LogP contribution in [0.3, 0.4) is 0 Å². The van der Waals surface area contributed by atoms with Gasteiger partial charge in [0.25, 0.3) is 0 Å². The smallest absolute Gasteiger partial charge is 0.330 e. The first-order valence-electron chi connectivity index (χ1n) is 10.3. The summed E-state index contributed by atoms with van der Waals surface area (Å²) in [6.45, 7) is 2.02. The van der Waals surface area contributed by atoms with Crippen molar-refractivity contribution < 1.29 is 9.53 Å². The molecule has 2 nitrogen and oxygen atoms in total. The Morgan fingerprint density at radius 2 is 1.58 bits per heavy atom. The van der Waals surface area contributed by atoms with Crippen LogP contribution < -0.4 is 0 Å². The Balaban J connectivity index is 1.41. The van der Waals surface area contributed by atoms with Crippen molar-refractivity contribution >= 4 is 17.6 Å². The molecule has 0 saturated heterocycles. The second-order valence-electron chi connectivity index (χ2n) is 7.95. The quantitative estimate of drug-likeness (QED) is 0.424. The maximum absolute atomic E-state index is 11.7. The summed E-state index contributed by atoms with van der Waals surface area (Å²) in [5, 5.41) is 0.824. The number of ether oxygens (including phenoxy) is 1. The molecule has 3 heteroatoms. The predicted molar refractivity (Wildman–Crippen MR) is 107 cm³/mol. The first-order chi connectivity index (χ1) is 12.7. The van der Waals surface area contributed by atoms with E-state index in [4.69, 9.17) is 16.3 Å². The molecule has 0 aliphatic heterocycles. The van der Waals surface area contributed by atoms with Gasteiger partial charge < -0.3 is 4.74 Å². The Hall–Kier alpha value is -1.28. The van der Waals surface area contributed by atoms with Gasteiger partial charge in [-0.3, -0.25) is 0 Å². The number of carbonyl (C=O) groups is 1. The molecule has 2 aliphatic rings. The number of esters is 1. The molecular formula is C23H31ClO2. The Morgan fingerprint density at radius 3 is 2.15 bits per heavy atom. The SMILES string of the molecule is CC/C=C/C(=O)OC1CCC(C2CCC(c3ccc(Cl)cc3)CC2)CC1. The second kappa shape index (κ2) is 9.60. The van der Waals surface area contributed by atoms with Crippen molar-refractivity contribution in [3.05, 3.63) is 47.0 Å². The van der Waals surface area contributed by atoms with Gasteiger partial charge in [-0.15, -0.1) is 0 Å². The number of carbonyl (C=O) groups excluding carboxylic acids is 1. The van der Waals surface area contributed by atoms with E-state index in [-0.39, 0.29) is 12.1 Å². The number of allylic oxidation sites excluding steroid dienone is 1. The molecule has 0 spiro atoms. The molecule has 0 atom stereocenters. The van der Waals surface area contributed by atoms with Crippen LogP contribution in [-0.2, 0) is 9.53 Å². The lowest BCUT2D eigenvalue weighted by molar-refractivity contribution is -0.145. The standard InChI is InChI=1S/C23H31ClO2/c1-2-3-4-23(25)26-22-15-11-20(12-16-22)18-7-5-17(6-8-18)19-9-13-21(24)14-10-19/h3-4,9-10,13-14,17-18,20,22H,2,5-8,11-12,15-16H2,1H3/b4-3+. The minimum atomic E-state index is -0.168. The molecule has 3 rings (SSSR count). The Morgan fingerprint density at radius 1 is 1.00 bits per heavy atom. The van der Waals surface area contributed by atoms with Crippen molar-refractivity contribution in [3.8, 4) is 0 Å². The van der Waals surface area contributed by atoms with E-state index in [1.165, 1.54) is 44.1 Å². The zero-order valence-electron chi connectivity index (χ0n) is 15.8. The monoisotopic (exact) mass is 374 g/mol. The highest BCUT2D eigenvalue weighted by atomic mass is 35.5. The van der Waals surface area contributed by atoms with Crippen LogP contribution >= 0.6 is 11.6 Å². The van der Waals surface area contributed by atoms with E-state index in [2.05, 4.69) is 12.1 Å². The molecule has 1 aromatic rings. The summed E-state index contributed by atoms with van der Waals surface area (Å²) in [5.74, 6) is 2.21. The lowest BCUT2D eigenvalue weighted by atomic mass is 9.69. The normalized spacial score (nSPS) is 29.6. The number of benzene rings is 1. The molecule has 0 bridgehead atoms. The maximum atomic E-state index is 11.7. The molecule has 0 radical (unpaired) electrons. The van der Waals surface area contributed by atoms with Gasteiger partial charge in [-0.1, -0.05) is 36.7 Å². The lowest BCUT2D eigenvalue weighted by Gasteiger charge is -2.37. The molecule has 2 saturated carbocycles. The highest BCUT2D eigenvalue weighted by molar-refractivity contribution is 6.30. The van der Waals surface area contributed by atoms with Crippen molar-refractivity contribution in [3.63, 3.8) is 0 Å². The van der Waals surface area contributed by atoms with Gasteiger partial charge in [0.2, 0.25) is 0 Å². The molecule has 1 aromatic carbocycles. The summed E-state index contributed by atoms with van der Waals surface area (Å²) < 4.78 is 5.58. The topological polar surface area (TPSA) is 26.3 Å². The van der Waals surface area contributed by atoms with Crippen LogP contribution in [0.15, 0.2) is 36.4 Å². The highest BCUT2D eigenvalue weighted by Crippen LogP contribution is 2.43. The minimum Gasteiger partial charge on any atom is -0.459 e. The van der Waals surface area contributed by atoms with Gasteiger partial charge in [0.15, 0.2) is 0 Å². The van der Waals surface area contributed by atoms with E-state index < -0.39 is 0 Å². The average molecular weight is 375 g/mol. The zero-order valence-corrected chi connectivity index (χ0v) is 16.6. The van der Waals surface area contributed by atoms with Gasteiger partial charge in [-0.05, 0) is 93.2 Å². The van der Waals surface area contributed by atoms with Gasteiger partial charge in [-0.2, -0.15) is 0 Å². The van der Waals surface area contributed by atoms with Crippen LogP contribution in [-0.4, -0.2) is 12.1 Å². The van der Waals surface area contributed by atoms with Gasteiger partial charge in [-0.25, -0.2) is 4.79 Å². The van der Waals surface area contributed by atoms with E-state index in [1.807, 2.05) is 25.1 Å². The maximum Gasteiger partial charge on any atom is 0.330 e. The average Bonchev–Trinajstić information content (AvgIpc) is 2.68. The number of hydrogen-bond donors (Lipinski definition) is 0. The predicted octanol–water partition coefficient (Wildman–Crippen LogP) is 6.68. The molecule has 0 unspecified atom stereocenters. The fourth-order valence-electron chi connectivity index (χ4n) is 4.75. The van der Waals surface area contributed by atoms with E-state index in [9.17, 15) is 4.79 Å². The molecule has 0 aromatic heterocycles. The molecule has 26 heavy (non-hydrogen) atoms. The molecule has 2 aliphatic carbocycles. The third kappa shape index (κ3) is 5.36. The van der Waals surface area contributed by atoms with Crippen molar-refractivity contribution in [1.82, 2.24) is 0 Å². The minimum absolute atomic E-state index is 0.130. The first kappa shape index (κ1) is 19.5. The van der Waals surface area contributed by atoms with Crippen LogP contribution in [0, 0.1) is 11.8 Å². The van der Waals surface area contributed by atoms with Gasteiger partial charge in [0.05, 0.1) is 0 Å². The van der Waals surface area contributed by atoms with Crippen LogP contribution in [0.5, 0.6) is 0 Å². The summed E-state index contributed by atoms with van der Waals surface area (Å²) in [5.41, 5.74) is 1.45. The Kier molecular flexibility index (Phi) is 7.19. The van der Waals surface area contributed by atoms with E-state index in [0.717, 1.165) is 36.1 Å². The highest BCUT2D eigenvalue weighted by Gasteiger charge is 2.32. The molecule has 0 N–H and O–H groups in total. The van der Waals surface area contributed by atoms with Crippen molar-refractivity contribution in [1.29, 1.82) is 0 Å². The van der Waals surface area contributed by atoms with Crippen LogP contribution in [0.2, 0.25) is 5.02 Å². The molecular weight excluding hydrogens is 344 g/mol. The third-order valence-corrected chi connectivity index (χ3v) is 6.52. The molecule has 0 amide bonds. The summed E-state index contributed by atoms with van der Waals surface area (Å²) in [6.07, 6.45) is 14.2. The summed E-state index contributed by atoms with van der Waals surface area (Å²) in [4.78, 5) is 11.7. The molecule has 2 fully saturated rings. The summed E-state index contributed by atoms with van der Waals surface area (Å²) >= 11 is 6.01. The number of hydrogen-bond acceptors (Lipinski definition) is 2. The first-order valence-corrected chi connectivity index (χ1v) is 10.7. The van der Waals surface area contributed by atoms with E-state index in [1.54, 1.807) is 6.08 Å². The van der Waals surface area contributed by atoms with Crippen molar-refractivity contribution in [2.75, 3.05) is 0 Å². The second-order valence-corrected chi connectivity index (χ2v) is 8.38. The van der Waals surface area contributed by atoms with Gasteiger partial charge in [0.1, 0.15) is 6.10 Å². The summed E-state index contributed by atoms with van der Waals surface area (Å²) in [7, 11) is 0. The van der Waals surface area contributed by atoms with Gasteiger partial charge >= 0.3 is 5.97 Å². The zero-order chi connectivity index (χ0) is 18.4. The fourth-order valence-corrected chi connectivity index (χ4v) is 4.88. The number of rotatable bonds is 5. The largest absolute Gasteiger partial charge is 0.459 e. The summed E-state index contributed by atoms with van der Waals surface area (Å²) in [6, 6.07) is 8.42. The van der Waals surface area contributed by atoms with Crippen LogP contribution in [0.4, 0.5) is 0 Å². The van der Waals surface area contributed by atoms with E-state index >= 15 is 0 Å². The number of halogens is 1. The molecule has 142 valence electrons. The van der Waals surface area contributed by atoms with Crippen molar-refractivity contribution in [2.45, 2.75) is 76.7 Å². The third-order valence-electron chi connectivity index (χ3n) is 6.27. The fraction of sp³-hybridized carbons (Fsp3) is 0.609. The van der Waals surface area contributed by atoms with Crippen molar-refractivity contribution in [2.24, 2.45) is 11.8 Å². The van der Waals surface area contributed by atoms with E-state index in [0.29, 0.717) is 5.92 Å². The van der Waals surface area contributed by atoms with Gasteiger partial charge in [0, 0.05) is 11.1 Å². The Labute approximate surface area is 163 Å². The molecule has 0 heterocycles. The van der Waals surface area contributed by atoms with Crippen LogP contribution in [0.1, 0.15) is 76.2 Å². The lowest BCUT2D eigenvalue weighted by Crippen LogP contribution is -2.29.